The summed E-state index contributed by atoms with van der Waals surface area (Å²) in [5.41, 5.74) is 0. The third-order valence-corrected chi connectivity index (χ3v) is 7.35. The van der Waals surface area contributed by atoms with E-state index in [0.29, 0.717) is 6.54 Å². The van der Waals surface area contributed by atoms with Crippen molar-refractivity contribution in [1.29, 1.82) is 0 Å². The summed E-state index contributed by atoms with van der Waals surface area (Å²) in [6.07, 6.45) is 0.107. The Labute approximate surface area is 172 Å². The van der Waals surface area contributed by atoms with Gasteiger partial charge in [-0.25, -0.2) is 0 Å². The first kappa shape index (κ1) is 21.2. The highest BCUT2D eigenvalue weighted by Gasteiger charge is 2.63. The van der Waals surface area contributed by atoms with E-state index in [2.05, 4.69) is 5.10 Å². The molecule has 0 aliphatic carbocycles. The third-order valence-electron chi connectivity index (χ3n) is 2.56. The minimum Gasteiger partial charge on any atom is -0.301 e. The standard InChI is InChI=1S/C8H7Cl10N3/c1-2-21-4(5(9,10)6(11,12)13)20(3-19-21)8(17,18)7(14,15)16/h3-4H,2H2,1H3. The van der Waals surface area contributed by atoms with E-state index in [1.165, 1.54) is 11.3 Å². The Morgan fingerprint density at radius 1 is 0.905 bits per heavy atom. The van der Waals surface area contributed by atoms with Crippen molar-refractivity contribution in [2.45, 2.75) is 29.5 Å². The molecule has 0 bridgehead atoms. The van der Waals surface area contributed by atoms with Gasteiger partial charge in [-0.3, -0.25) is 5.01 Å². The molecule has 0 N–H and O–H groups in total. The van der Waals surface area contributed by atoms with Gasteiger partial charge in [-0.2, -0.15) is 5.10 Å². The van der Waals surface area contributed by atoms with Gasteiger partial charge < -0.3 is 4.90 Å². The average Bonchev–Trinajstić information content (AvgIpc) is 2.70. The Bertz CT molecular complexity index is 412. The molecule has 21 heavy (non-hydrogen) atoms. The summed E-state index contributed by atoms with van der Waals surface area (Å²) >= 11 is 59.5. The van der Waals surface area contributed by atoms with Crippen molar-refractivity contribution in [3.63, 3.8) is 0 Å². The smallest absolute Gasteiger partial charge is 0.241 e. The zero-order chi connectivity index (χ0) is 16.9. The molecule has 1 aliphatic heterocycles. The van der Waals surface area contributed by atoms with E-state index < -0.39 is 22.5 Å². The summed E-state index contributed by atoms with van der Waals surface area (Å²) in [5, 5.41) is 5.41. The summed E-state index contributed by atoms with van der Waals surface area (Å²) in [7, 11) is 0. The number of alkyl halides is 10. The molecule has 1 heterocycles. The highest BCUT2D eigenvalue weighted by Crippen LogP contribution is 2.55. The molecule has 0 aromatic heterocycles. The van der Waals surface area contributed by atoms with E-state index in [9.17, 15) is 0 Å². The van der Waals surface area contributed by atoms with Crippen LogP contribution in [-0.4, -0.2) is 45.3 Å². The van der Waals surface area contributed by atoms with Gasteiger partial charge in [0.1, 0.15) is 6.34 Å². The molecule has 1 rings (SSSR count). The lowest BCUT2D eigenvalue weighted by atomic mass is 10.3. The van der Waals surface area contributed by atoms with E-state index in [1.54, 1.807) is 6.92 Å². The van der Waals surface area contributed by atoms with Gasteiger partial charge in [-0.1, -0.05) is 116 Å². The van der Waals surface area contributed by atoms with Gasteiger partial charge in [0, 0.05) is 6.54 Å². The average molecular weight is 500 g/mol. The SMILES string of the molecule is CCN1N=CN(C(Cl)(Cl)C(Cl)(Cl)Cl)C1C(Cl)(Cl)C(Cl)(Cl)Cl. The van der Waals surface area contributed by atoms with Gasteiger partial charge in [-0.15, -0.1) is 0 Å². The highest BCUT2D eigenvalue weighted by atomic mass is 35.6. The Kier molecular flexibility index (Phi) is 6.89. The van der Waals surface area contributed by atoms with Crippen LogP contribution in [0.5, 0.6) is 0 Å². The van der Waals surface area contributed by atoms with Crippen LogP contribution in [0.1, 0.15) is 6.92 Å². The molecule has 0 fully saturated rings. The number of rotatable bonds is 3. The fourth-order valence-corrected chi connectivity index (χ4v) is 2.82. The lowest BCUT2D eigenvalue weighted by Gasteiger charge is -2.46. The predicted molar refractivity (Wildman–Crippen MR) is 96.0 cm³/mol. The van der Waals surface area contributed by atoms with Crippen LogP contribution >= 0.6 is 116 Å². The number of hydrazone groups is 1. The Balaban J connectivity index is 3.31. The molecule has 0 saturated carbocycles. The fourth-order valence-electron chi connectivity index (χ4n) is 1.53. The zero-order valence-corrected chi connectivity index (χ0v) is 17.5. The quantitative estimate of drug-likeness (QED) is 0.354. The lowest BCUT2D eigenvalue weighted by Crippen LogP contribution is -2.63. The minimum absolute atomic E-state index is 0.351. The normalized spacial score (nSPS) is 21.4. The van der Waals surface area contributed by atoms with Crippen LogP contribution < -0.4 is 0 Å². The van der Waals surface area contributed by atoms with Crippen molar-refractivity contribution in [3.05, 3.63) is 0 Å². The van der Waals surface area contributed by atoms with E-state index in [-0.39, 0.29) is 0 Å². The third kappa shape index (κ3) is 4.05. The van der Waals surface area contributed by atoms with Gasteiger partial charge in [0.15, 0.2) is 6.17 Å². The number of nitrogens with zero attached hydrogens (tertiary/aromatic N) is 3. The molecule has 0 aromatic carbocycles. The Hall–Kier alpha value is 2.17. The lowest BCUT2D eigenvalue weighted by molar-refractivity contribution is 0.104. The molecule has 1 atom stereocenters. The molecule has 1 unspecified atom stereocenters. The molecular weight excluding hydrogens is 493 g/mol. The maximum absolute atomic E-state index is 6.20. The number of hydrogen-bond acceptors (Lipinski definition) is 3. The minimum atomic E-state index is -2.12. The van der Waals surface area contributed by atoms with Crippen molar-refractivity contribution in [2.75, 3.05) is 6.54 Å². The molecule has 0 aromatic rings. The van der Waals surface area contributed by atoms with Crippen LogP contribution in [0.3, 0.4) is 0 Å². The van der Waals surface area contributed by atoms with Crippen LogP contribution in [0.4, 0.5) is 0 Å². The summed E-state index contributed by atoms with van der Waals surface area (Å²) in [6, 6.07) is 0. The Morgan fingerprint density at radius 3 is 1.71 bits per heavy atom. The maximum atomic E-state index is 6.20. The first-order chi connectivity index (χ1) is 9.18. The van der Waals surface area contributed by atoms with Gasteiger partial charge in [0.2, 0.25) is 16.4 Å². The summed E-state index contributed by atoms with van der Waals surface area (Å²) < 4.78 is -8.28. The van der Waals surface area contributed by atoms with E-state index in [1.807, 2.05) is 0 Å². The van der Waals surface area contributed by atoms with Crippen molar-refractivity contribution in [1.82, 2.24) is 9.91 Å². The van der Waals surface area contributed by atoms with Gasteiger partial charge >= 0.3 is 0 Å². The van der Waals surface area contributed by atoms with E-state index in [0.717, 1.165) is 4.90 Å². The van der Waals surface area contributed by atoms with Gasteiger partial charge in [-0.05, 0) is 6.92 Å². The second-order valence-corrected chi connectivity index (χ2v) is 11.2. The first-order valence-electron chi connectivity index (χ1n) is 5.16. The van der Waals surface area contributed by atoms with Crippen molar-refractivity contribution in [2.24, 2.45) is 5.10 Å². The Morgan fingerprint density at radius 2 is 1.38 bits per heavy atom. The summed E-state index contributed by atoms with van der Waals surface area (Å²) in [5.74, 6) is 0. The molecule has 1 aliphatic rings. The number of hydrogen-bond donors (Lipinski definition) is 0. The molecule has 0 saturated heterocycles. The molecular formula is C8H7Cl10N3. The molecule has 0 spiro atoms. The van der Waals surface area contributed by atoms with Gasteiger partial charge in [0.25, 0.3) is 0 Å². The topological polar surface area (TPSA) is 18.8 Å². The second-order valence-electron chi connectivity index (χ2n) is 3.93. The second kappa shape index (κ2) is 6.82. The zero-order valence-electron chi connectivity index (χ0n) is 9.98. The predicted octanol–water partition coefficient (Wildman–Crippen LogP) is 5.94. The van der Waals surface area contributed by atoms with Crippen LogP contribution in [0.15, 0.2) is 5.10 Å². The molecule has 0 radical (unpaired) electrons. The van der Waals surface area contributed by atoms with Gasteiger partial charge in [0.05, 0.1) is 0 Å². The maximum Gasteiger partial charge on any atom is 0.241 e. The van der Waals surface area contributed by atoms with E-state index >= 15 is 0 Å². The van der Waals surface area contributed by atoms with Crippen LogP contribution in [0.25, 0.3) is 0 Å². The monoisotopic (exact) mass is 495 g/mol. The first-order valence-corrected chi connectivity index (χ1v) is 8.94. The van der Waals surface area contributed by atoms with Crippen LogP contribution in [0.2, 0.25) is 0 Å². The van der Waals surface area contributed by atoms with Crippen molar-refractivity contribution >= 4 is 122 Å². The molecule has 124 valence electrons. The van der Waals surface area contributed by atoms with E-state index in [4.69, 9.17) is 116 Å². The highest BCUT2D eigenvalue weighted by molar-refractivity contribution is 6.76. The van der Waals surface area contributed by atoms with Crippen LogP contribution in [-0.2, 0) is 0 Å². The molecule has 0 amide bonds. The van der Waals surface area contributed by atoms with Crippen LogP contribution in [0, 0.1) is 0 Å². The fraction of sp³-hybridized carbons (Fsp3) is 0.875. The molecule has 3 nitrogen and oxygen atoms in total. The van der Waals surface area contributed by atoms with Crippen molar-refractivity contribution in [3.8, 4) is 0 Å². The molecule has 13 heteroatoms. The van der Waals surface area contributed by atoms with Crippen molar-refractivity contribution < 1.29 is 0 Å². The largest absolute Gasteiger partial charge is 0.301 e. The number of halogens is 10. The summed E-state index contributed by atoms with van der Waals surface area (Å²) in [6.45, 7) is 2.11. The summed E-state index contributed by atoms with van der Waals surface area (Å²) in [4.78, 5) is 1.11.